The van der Waals surface area contributed by atoms with E-state index in [9.17, 15) is 0 Å². The highest BCUT2D eigenvalue weighted by atomic mass is 14.6. The van der Waals surface area contributed by atoms with Gasteiger partial charge in [-0.3, -0.25) is 0 Å². The monoisotopic (exact) mass is 186 g/mol. The quantitative estimate of drug-likeness (QED) is 0.399. The Morgan fingerprint density at radius 2 is 2.36 bits per heavy atom. The Morgan fingerprint density at radius 1 is 1.50 bits per heavy atom. The molecular formula is C14H18. The maximum absolute atomic E-state index is 3.91. The minimum atomic E-state index is 0.501. The molecule has 4 unspecified atom stereocenters. The third-order valence-electron chi connectivity index (χ3n) is 4.69. The van der Waals surface area contributed by atoms with Crippen LogP contribution in [0.3, 0.4) is 0 Å². The van der Waals surface area contributed by atoms with Crippen LogP contribution in [-0.4, -0.2) is 0 Å². The highest BCUT2D eigenvalue weighted by molar-refractivity contribution is 5.36. The normalized spacial score (nSPS) is 49.2. The molecule has 0 heterocycles. The van der Waals surface area contributed by atoms with Gasteiger partial charge in [0, 0.05) is 11.3 Å². The largest absolute Gasteiger partial charge is 0.128 e. The van der Waals surface area contributed by atoms with Crippen molar-refractivity contribution in [2.45, 2.75) is 32.6 Å². The summed E-state index contributed by atoms with van der Waals surface area (Å²) < 4.78 is 0. The topological polar surface area (TPSA) is 0 Å². The van der Waals surface area contributed by atoms with Crippen molar-refractivity contribution in [1.29, 1.82) is 0 Å². The molecule has 0 nitrogen and oxygen atoms in total. The third kappa shape index (κ3) is 0.854. The first-order chi connectivity index (χ1) is 6.76. The lowest BCUT2D eigenvalue weighted by Crippen LogP contribution is -2.24. The van der Waals surface area contributed by atoms with Crippen LogP contribution >= 0.6 is 0 Å². The molecule has 2 bridgehead atoms. The van der Waals surface area contributed by atoms with Crippen LogP contribution in [0, 0.1) is 23.2 Å². The molecule has 14 heavy (non-hydrogen) atoms. The molecule has 2 fully saturated rings. The van der Waals surface area contributed by atoms with E-state index in [2.05, 4.69) is 31.4 Å². The van der Waals surface area contributed by atoms with E-state index >= 15 is 0 Å². The first kappa shape index (κ1) is 8.56. The molecule has 3 rings (SSSR count). The summed E-state index contributed by atoms with van der Waals surface area (Å²) in [6, 6.07) is 0. The van der Waals surface area contributed by atoms with Crippen molar-refractivity contribution >= 4 is 0 Å². The molecule has 4 atom stereocenters. The van der Waals surface area contributed by atoms with Crippen LogP contribution in [0.5, 0.6) is 0 Å². The highest BCUT2D eigenvalue weighted by Crippen LogP contribution is 2.63. The lowest BCUT2D eigenvalue weighted by atomic mass is 9.71. The number of allylic oxidation sites excluding steroid dienone is 3. The van der Waals surface area contributed by atoms with Gasteiger partial charge in [-0.05, 0) is 43.1 Å². The van der Waals surface area contributed by atoms with Crippen LogP contribution in [-0.2, 0) is 0 Å². The van der Waals surface area contributed by atoms with Crippen LogP contribution in [0.4, 0.5) is 0 Å². The van der Waals surface area contributed by atoms with Crippen molar-refractivity contribution in [2.24, 2.45) is 23.2 Å². The molecule has 0 aromatic heterocycles. The van der Waals surface area contributed by atoms with Crippen molar-refractivity contribution in [1.82, 2.24) is 0 Å². The Hall–Kier alpha value is -0.740. The summed E-state index contributed by atoms with van der Waals surface area (Å²) in [4.78, 5) is 0. The lowest BCUT2D eigenvalue weighted by Gasteiger charge is -2.32. The number of fused-ring (bicyclic) bond motifs is 3. The minimum absolute atomic E-state index is 0.501. The van der Waals surface area contributed by atoms with Gasteiger partial charge in [0.05, 0.1) is 0 Å². The van der Waals surface area contributed by atoms with E-state index in [1.807, 2.05) is 0 Å². The molecule has 0 aromatic carbocycles. The maximum Gasteiger partial charge on any atom is 0.00644 e. The van der Waals surface area contributed by atoms with Gasteiger partial charge in [-0.2, -0.15) is 0 Å². The molecule has 0 saturated heterocycles. The van der Waals surface area contributed by atoms with E-state index in [4.69, 9.17) is 0 Å². The fourth-order valence-electron chi connectivity index (χ4n) is 4.11. The molecular weight excluding hydrogens is 168 g/mol. The zero-order valence-electron chi connectivity index (χ0n) is 8.92. The van der Waals surface area contributed by atoms with Gasteiger partial charge in [0.15, 0.2) is 0 Å². The van der Waals surface area contributed by atoms with Crippen LogP contribution in [0.2, 0.25) is 0 Å². The predicted octanol–water partition coefficient (Wildman–Crippen LogP) is 3.71. The average molecular weight is 186 g/mol. The third-order valence-corrected chi connectivity index (χ3v) is 4.69. The van der Waals surface area contributed by atoms with Gasteiger partial charge < -0.3 is 0 Å². The van der Waals surface area contributed by atoms with Gasteiger partial charge in [0.25, 0.3) is 0 Å². The summed E-state index contributed by atoms with van der Waals surface area (Å²) in [5.41, 5.74) is 5.31. The van der Waals surface area contributed by atoms with Crippen molar-refractivity contribution in [3.05, 3.63) is 30.0 Å². The molecule has 0 aliphatic heterocycles. The lowest BCUT2D eigenvalue weighted by molar-refractivity contribution is 0.293. The molecule has 3 aliphatic carbocycles. The molecule has 0 N–H and O–H groups in total. The fraction of sp³-hybridized carbons (Fsp3) is 0.643. The fourth-order valence-corrected chi connectivity index (χ4v) is 4.11. The molecule has 0 aromatic rings. The molecule has 0 heteroatoms. The number of hydrogen-bond donors (Lipinski definition) is 0. The molecule has 0 amide bonds. The second-order valence-corrected chi connectivity index (χ2v) is 5.43. The van der Waals surface area contributed by atoms with E-state index in [0.717, 1.165) is 11.8 Å². The summed E-state index contributed by atoms with van der Waals surface area (Å²) in [5.74, 6) is 2.43. The zero-order valence-corrected chi connectivity index (χ0v) is 8.92. The second kappa shape index (κ2) is 2.64. The first-order valence-electron chi connectivity index (χ1n) is 5.85. The first-order valence-corrected chi connectivity index (χ1v) is 5.85. The van der Waals surface area contributed by atoms with Crippen LogP contribution in [0.1, 0.15) is 32.6 Å². The number of hydrogen-bond acceptors (Lipinski definition) is 0. The van der Waals surface area contributed by atoms with Crippen molar-refractivity contribution in [3.63, 3.8) is 0 Å². The summed E-state index contributed by atoms with van der Waals surface area (Å²) in [6.45, 7) is 6.30. The van der Waals surface area contributed by atoms with E-state index < -0.39 is 0 Å². The minimum Gasteiger partial charge on any atom is -0.128 e. The van der Waals surface area contributed by atoms with E-state index in [1.165, 1.54) is 25.7 Å². The Labute approximate surface area is 86.4 Å². The SMILES string of the molecule is C=C=C1C2C=CC(C2)C12CCC(C)C2. The Morgan fingerprint density at radius 3 is 3.00 bits per heavy atom. The predicted molar refractivity (Wildman–Crippen MR) is 58.8 cm³/mol. The van der Waals surface area contributed by atoms with Crippen LogP contribution in [0.25, 0.3) is 0 Å². The summed E-state index contributed by atoms with van der Waals surface area (Å²) >= 11 is 0. The van der Waals surface area contributed by atoms with E-state index in [1.54, 1.807) is 5.57 Å². The van der Waals surface area contributed by atoms with Gasteiger partial charge in [0.1, 0.15) is 0 Å². The Balaban J connectivity index is 2.07. The van der Waals surface area contributed by atoms with Crippen molar-refractivity contribution in [2.75, 3.05) is 0 Å². The summed E-state index contributed by atoms with van der Waals surface area (Å²) in [6.07, 6.45) is 10.4. The highest BCUT2D eigenvalue weighted by Gasteiger charge is 2.54. The standard InChI is InChI=1S/C14H18/c1-3-13-11-4-5-12(8-11)14(13)7-6-10(2)9-14/h4-5,10-12H,1,6-9H2,2H3. The van der Waals surface area contributed by atoms with Crippen LogP contribution < -0.4 is 0 Å². The molecule has 74 valence electrons. The van der Waals surface area contributed by atoms with Gasteiger partial charge in [-0.1, -0.05) is 25.7 Å². The molecule has 3 aliphatic rings. The van der Waals surface area contributed by atoms with E-state index in [-0.39, 0.29) is 0 Å². The molecule has 0 radical (unpaired) electrons. The zero-order chi connectivity index (χ0) is 9.76. The smallest absolute Gasteiger partial charge is 0.00644 e. The Kier molecular flexibility index (Phi) is 1.61. The molecule has 1 spiro atoms. The summed E-state index contributed by atoms with van der Waals surface area (Å²) in [7, 11) is 0. The van der Waals surface area contributed by atoms with Gasteiger partial charge >= 0.3 is 0 Å². The molecule has 2 saturated carbocycles. The van der Waals surface area contributed by atoms with Gasteiger partial charge in [-0.15, -0.1) is 5.73 Å². The number of rotatable bonds is 0. The Bertz CT molecular complexity index is 343. The van der Waals surface area contributed by atoms with Gasteiger partial charge in [-0.25, -0.2) is 0 Å². The second-order valence-electron chi connectivity index (χ2n) is 5.43. The summed E-state index contributed by atoms with van der Waals surface area (Å²) in [5, 5.41) is 0. The van der Waals surface area contributed by atoms with Gasteiger partial charge in [0.2, 0.25) is 0 Å². The van der Waals surface area contributed by atoms with E-state index in [0.29, 0.717) is 11.3 Å². The maximum atomic E-state index is 3.91. The van der Waals surface area contributed by atoms with Crippen molar-refractivity contribution in [3.8, 4) is 0 Å². The van der Waals surface area contributed by atoms with Crippen molar-refractivity contribution < 1.29 is 0 Å². The average Bonchev–Trinajstić information content (AvgIpc) is 2.81. The van der Waals surface area contributed by atoms with Crippen LogP contribution in [0.15, 0.2) is 30.0 Å².